The molecule has 0 saturated carbocycles. The third kappa shape index (κ3) is 4.12. The van der Waals surface area contributed by atoms with Crippen molar-refractivity contribution in [2.45, 2.75) is 23.9 Å². The molecule has 8 nitrogen and oxygen atoms in total. The standard InChI is InChI=1S/C24H28N4O4S/c1-16-6-7-19-18(10-16)20(26-13-24(25)14-32-15-24)11-22(27-19)28-8-9-33(29,30)23-17(12-28)4-3-5-21(23)31-2/h3-7,10-11H,8-9,12-15,25H2,1-2H3,(H,26,27). The Balaban J connectivity index is 1.56. The van der Waals surface area contributed by atoms with Gasteiger partial charge in [0, 0.05) is 36.8 Å². The highest BCUT2D eigenvalue weighted by molar-refractivity contribution is 7.91. The number of anilines is 2. The second kappa shape index (κ2) is 8.16. The molecule has 174 valence electrons. The summed E-state index contributed by atoms with van der Waals surface area (Å²) in [4.78, 5) is 7.18. The number of sulfone groups is 1. The highest BCUT2D eigenvalue weighted by Crippen LogP contribution is 2.35. The number of pyridine rings is 1. The molecule has 0 radical (unpaired) electrons. The van der Waals surface area contributed by atoms with E-state index >= 15 is 0 Å². The SMILES string of the molecule is COc1cccc2c1S(=O)(=O)CCN(c1cc(NCC3(N)COC3)c3cc(C)ccc3n1)C2. The quantitative estimate of drug-likeness (QED) is 0.588. The highest BCUT2D eigenvalue weighted by atomic mass is 32.2. The second-order valence-electron chi connectivity index (χ2n) is 8.95. The number of benzene rings is 2. The fraction of sp³-hybridized carbons (Fsp3) is 0.375. The third-order valence-corrected chi connectivity index (χ3v) is 8.07. The van der Waals surface area contributed by atoms with E-state index in [0.29, 0.717) is 44.2 Å². The molecule has 3 N–H and O–H groups in total. The fourth-order valence-electron chi connectivity index (χ4n) is 4.38. The van der Waals surface area contributed by atoms with Crippen molar-refractivity contribution in [3.63, 3.8) is 0 Å². The van der Waals surface area contributed by atoms with Crippen LogP contribution in [0, 0.1) is 6.92 Å². The van der Waals surface area contributed by atoms with E-state index in [0.717, 1.165) is 28.0 Å². The molecular formula is C24H28N4O4S. The lowest BCUT2D eigenvalue weighted by atomic mass is 9.99. The van der Waals surface area contributed by atoms with Gasteiger partial charge in [0.05, 0.1) is 37.1 Å². The van der Waals surface area contributed by atoms with Gasteiger partial charge in [-0.2, -0.15) is 0 Å². The molecule has 1 aromatic heterocycles. The molecule has 0 spiro atoms. The van der Waals surface area contributed by atoms with Crippen molar-refractivity contribution < 1.29 is 17.9 Å². The van der Waals surface area contributed by atoms with Crippen LogP contribution < -0.4 is 20.7 Å². The van der Waals surface area contributed by atoms with E-state index in [1.54, 1.807) is 6.07 Å². The normalized spacial score (nSPS) is 18.8. The van der Waals surface area contributed by atoms with Gasteiger partial charge in [0.2, 0.25) is 0 Å². The van der Waals surface area contributed by atoms with Crippen LogP contribution in [0.4, 0.5) is 11.5 Å². The molecule has 0 bridgehead atoms. The Kier molecular flexibility index (Phi) is 5.43. The van der Waals surface area contributed by atoms with Crippen LogP contribution in [-0.4, -0.2) is 58.1 Å². The molecule has 3 heterocycles. The summed E-state index contributed by atoms with van der Waals surface area (Å²) in [5, 5.41) is 4.50. The van der Waals surface area contributed by atoms with Crippen LogP contribution in [0.25, 0.3) is 10.9 Å². The average molecular weight is 469 g/mol. The van der Waals surface area contributed by atoms with Gasteiger partial charge in [-0.05, 0) is 30.7 Å². The number of nitrogens with zero attached hydrogens (tertiary/aromatic N) is 2. The minimum absolute atomic E-state index is 0.0139. The molecule has 0 unspecified atom stereocenters. The van der Waals surface area contributed by atoms with Crippen molar-refractivity contribution in [3.05, 3.63) is 53.6 Å². The van der Waals surface area contributed by atoms with Gasteiger partial charge in [-0.25, -0.2) is 13.4 Å². The Morgan fingerprint density at radius 2 is 2.06 bits per heavy atom. The Morgan fingerprint density at radius 3 is 2.79 bits per heavy atom. The molecule has 9 heteroatoms. The summed E-state index contributed by atoms with van der Waals surface area (Å²) >= 11 is 0. The van der Waals surface area contributed by atoms with E-state index in [9.17, 15) is 8.42 Å². The molecule has 5 rings (SSSR count). The summed E-state index contributed by atoms with van der Waals surface area (Å²) < 4.78 is 36.8. The van der Waals surface area contributed by atoms with Gasteiger partial charge in [-0.3, -0.25) is 0 Å². The molecule has 0 amide bonds. The van der Waals surface area contributed by atoms with Gasteiger partial charge in [0.15, 0.2) is 9.84 Å². The molecule has 2 aromatic carbocycles. The van der Waals surface area contributed by atoms with Gasteiger partial charge in [0.25, 0.3) is 0 Å². The number of aromatic nitrogens is 1. The Bertz CT molecular complexity index is 1320. The zero-order valence-electron chi connectivity index (χ0n) is 18.8. The molecule has 1 fully saturated rings. The maximum absolute atomic E-state index is 13.1. The van der Waals surface area contributed by atoms with E-state index in [1.165, 1.54) is 7.11 Å². The van der Waals surface area contributed by atoms with E-state index in [2.05, 4.69) is 11.4 Å². The third-order valence-electron chi connectivity index (χ3n) is 6.27. The predicted octanol–water partition coefficient (Wildman–Crippen LogP) is 2.49. The molecule has 3 aromatic rings. The number of rotatable bonds is 5. The number of hydrogen-bond acceptors (Lipinski definition) is 8. The van der Waals surface area contributed by atoms with Crippen LogP contribution in [0.1, 0.15) is 11.1 Å². The van der Waals surface area contributed by atoms with Crippen LogP contribution in [0.5, 0.6) is 5.75 Å². The van der Waals surface area contributed by atoms with Gasteiger partial charge in [0.1, 0.15) is 16.5 Å². The number of nitrogens with two attached hydrogens (primary N) is 1. The smallest absolute Gasteiger partial charge is 0.184 e. The fourth-order valence-corrected chi connectivity index (χ4v) is 6.04. The number of fused-ring (bicyclic) bond motifs is 2. The lowest BCUT2D eigenvalue weighted by molar-refractivity contribution is -0.0461. The van der Waals surface area contributed by atoms with Crippen LogP contribution >= 0.6 is 0 Å². The summed E-state index contributed by atoms with van der Waals surface area (Å²) in [6.45, 7) is 4.43. The van der Waals surface area contributed by atoms with Crippen LogP contribution in [0.15, 0.2) is 47.4 Å². The summed E-state index contributed by atoms with van der Waals surface area (Å²) in [5.74, 6) is 1.09. The van der Waals surface area contributed by atoms with Crippen molar-refractivity contribution in [2.24, 2.45) is 5.73 Å². The van der Waals surface area contributed by atoms with Gasteiger partial charge >= 0.3 is 0 Å². The molecule has 2 aliphatic heterocycles. The number of hydrogen-bond donors (Lipinski definition) is 2. The van der Waals surface area contributed by atoms with Crippen molar-refractivity contribution in [3.8, 4) is 5.75 Å². The largest absolute Gasteiger partial charge is 0.495 e. The van der Waals surface area contributed by atoms with Gasteiger partial charge < -0.3 is 25.4 Å². The van der Waals surface area contributed by atoms with Crippen LogP contribution in [-0.2, 0) is 21.1 Å². The monoisotopic (exact) mass is 468 g/mol. The predicted molar refractivity (Wildman–Crippen MR) is 129 cm³/mol. The maximum Gasteiger partial charge on any atom is 0.184 e. The van der Waals surface area contributed by atoms with E-state index < -0.39 is 9.84 Å². The van der Waals surface area contributed by atoms with E-state index in [4.69, 9.17) is 20.2 Å². The molecule has 2 aliphatic rings. The van der Waals surface area contributed by atoms with Crippen molar-refractivity contribution >= 4 is 32.2 Å². The van der Waals surface area contributed by atoms with Crippen LogP contribution in [0.2, 0.25) is 0 Å². The van der Waals surface area contributed by atoms with Crippen molar-refractivity contribution in [1.29, 1.82) is 0 Å². The lowest BCUT2D eigenvalue weighted by Crippen LogP contribution is -2.61. The topological polar surface area (TPSA) is 107 Å². The highest BCUT2D eigenvalue weighted by Gasteiger charge is 2.34. The minimum Gasteiger partial charge on any atom is -0.495 e. The molecule has 1 saturated heterocycles. The van der Waals surface area contributed by atoms with Gasteiger partial charge in [-0.1, -0.05) is 23.8 Å². The molecule has 0 atom stereocenters. The van der Waals surface area contributed by atoms with E-state index in [1.807, 2.05) is 42.2 Å². The van der Waals surface area contributed by atoms with Crippen LogP contribution in [0.3, 0.4) is 0 Å². The Hall–Kier alpha value is -2.88. The number of methoxy groups -OCH3 is 1. The average Bonchev–Trinajstić information content (AvgIpc) is 2.92. The zero-order chi connectivity index (χ0) is 23.2. The van der Waals surface area contributed by atoms with Crippen molar-refractivity contribution in [1.82, 2.24) is 4.98 Å². The Labute approximate surface area is 193 Å². The summed E-state index contributed by atoms with van der Waals surface area (Å²) in [5.41, 5.74) is 9.57. The number of nitrogens with one attached hydrogen (secondary N) is 1. The lowest BCUT2D eigenvalue weighted by Gasteiger charge is -2.38. The zero-order valence-corrected chi connectivity index (χ0v) is 19.6. The molecule has 0 aliphatic carbocycles. The van der Waals surface area contributed by atoms with Crippen molar-refractivity contribution in [2.75, 3.05) is 49.4 Å². The number of aryl methyl sites for hydroxylation is 1. The van der Waals surface area contributed by atoms with E-state index in [-0.39, 0.29) is 16.2 Å². The number of ether oxygens (including phenoxy) is 2. The first kappa shape index (κ1) is 21.9. The van der Waals surface area contributed by atoms with Gasteiger partial charge in [-0.15, -0.1) is 0 Å². The second-order valence-corrected chi connectivity index (χ2v) is 11.0. The minimum atomic E-state index is -3.49. The maximum atomic E-state index is 13.1. The first-order valence-corrected chi connectivity index (χ1v) is 12.6. The summed E-state index contributed by atoms with van der Waals surface area (Å²) in [6.07, 6.45) is 0. The first-order chi connectivity index (χ1) is 15.8. The summed E-state index contributed by atoms with van der Waals surface area (Å²) in [6, 6.07) is 13.5. The molecular weight excluding hydrogens is 440 g/mol. The first-order valence-electron chi connectivity index (χ1n) is 10.9. The Morgan fingerprint density at radius 1 is 1.24 bits per heavy atom. The molecule has 33 heavy (non-hydrogen) atoms. The summed E-state index contributed by atoms with van der Waals surface area (Å²) in [7, 11) is -1.99.